The van der Waals surface area contributed by atoms with Gasteiger partial charge in [0.2, 0.25) is 0 Å². The van der Waals surface area contributed by atoms with Crippen molar-refractivity contribution >= 4 is 0 Å². The van der Waals surface area contributed by atoms with Gasteiger partial charge in [-0.1, -0.05) is 13.0 Å². The van der Waals surface area contributed by atoms with Crippen LogP contribution < -0.4 is 0 Å². The van der Waals surface area contributed by atoms with Crippen LogP contribution in [0.1, 0.15) is 26.7 Å². The lowest BCUT2D eigenvalue weighted by Gasteiger charge is -2.12. The van der Waals surface area contributed by atoms with E-state index in [1.54, 1.807) is 5.57 Å². The molecule has 0 fully saturated rings. The van der Waals surface area contributed by atoms with Crippen molar-refractivity contribution in [3.63, 3.8) is 0 Å². The number of rotatable bonds is 0. The average Bonchev–Trinajstić information content (AvgIpc) is 2.35. The van der Waals surface area contributed by atoms with Crippen molar-refractivity contribution in [2.24, 2.45) is 5.92 Å². The summed E-state index contributed by atoms with van der Waals surface area (Å²) in [6, 6.07) is 0. The first-order valence-corrected chi connectivity index (χ1v) is 4.32. The minimum atomic E-state index is 0.661. The van der Waals surface area contributed by atoms with Crippen LogP contribution in [0.25, 0.3) is 0 Å². The molecule has 2 rings (SSSR count). The summed E-state index contributed by atoms with van der Waals surface area (Å²) in [6.45, 7) is 5.29. The molecule has 1 nitrogen and oxygen atoms in total. The van der Waals surface area contributed by atoms with Gasteiger partial charge in [0.15, 0.2) is 0 Å². The number of ether oxygens (including phenoxy) is 1. The smallest absolute Gasteiger partial charge is 0.121 e. The second kappa shape index (κ2) is 2.40. The fraction of sp³-hybridized carbons (Fsp3) is 0.600. The average molecular weight is 150 g/mol. The fourth-order valence-electron chi connectivity index (χ4n) is 1.89. The summed E-state index contributed by atoms with van der Waals surface area (Å²) >= 11 is 0. The highest BCUT2D eigenvalue weighted by Gasteiger charge is 2.25. The first-order chi connectivity index (χ1) is 5.29. The highest BCUT2D eigenvalue weighted by molar-refractivity contribution is 5.36. The van der Waals surface area contributed by atoms with E-state index in [0.717, 1.165) is 6.61 Å². The zero-order valence-electron chi connectivity index (χ0n) is 7.18. The Kier molecular flexibility index (Phi) is 1.52. The Labute approximate surface area is 67.7 Å². The van der Waals surface area contributed by atoms with Gasteiger partial charge in [0, 0.05) is 5.92 Å². The summed E-state index contributed by atoms with van der Waals surface area (Å²) in [5.74, 6) is 1.86. The normalized spacial score (nSPS) is 29.6. The van der Waals surface area contributed by atoms with Crippen LogP contribution in [0.15, 0.2) is 23.0 Å². The third-order valence-corrected chi connectivity index (χ3v) is 2.59. The number of hydrogen-bond donors (Lipinski definition) is 0. The third-order valence-electron chi connectivity index (χ3n) is 2.59. The molecule has 0 aromatic heterocycles. The lowest BCUT2D eigenvalue weighted by atomic mass is 9.92. The summed E-state index contributed by atoms with van der Waals surface area (Å²) < 4.78 is 5.59. The Bertz CT molecular complexity index is 235. The molecule has 0 radical (unpaired) electrons. The van der Waals surface area contributed by atoms with Crippen LogP contribution in [0.4, 0.5) is 0 Å². The second-order valence-electron chi connectivity index (χ2n) is 3.49. The molecular weight excluding hydrogens is 136 g/mol. The van der Waals surface area contributed by atoms with Gasteiger partial charge >= 0.3 is 0 Å². The molecule has 2 aliphatic rings. The molecule has 0 saturated carbocycles. The van der Waals surface area contributed by atoms with Crippen molar-refractivity contribution in [3.05, 3.63) is 23.0 Å². The minimum absolute atomic E-state index is 0.661. The van der Waals surface area contributed by atoms with Gasteiger partial charge in [-0.15, -0.1) is 0 Å². The van der Waals surface area contributed by atoms with E-state index in [4.69, 9.17) is 4.74 Å². The van der Waals surface area contributed by atoms with Crippen molar-refractivity contribution in [2.75, 3.05) is 6.61 Å². The minimum Gasteiger partial charge on any atom is -0.493 e. The molecule has 1 atom stereocenters. The molecule has 60 valence electrons. The predicted molar refractivity (Wildman–Crippen MR) is 45.1 cm³/mol. The monoisotopic (exact) mass is 150 g/mol. The van der Waals surface area contributed by atoms with Crippen molar-refractivity contribution in [1.82, 2.24) is 0 Å². The molecule has 0 aromatic rings. The van der Waals surface area contributed by atoms with Crippen LogP contribution >= 0.6 is 0 Å². The van der Waals surface area contributed by atoms with E-state index in [-0.39, 0.29) is 0 Å². The fourth-order valence-corrected chi connectivity index (χ4v) is 1.89. The van der Waals surface area contributed by atoms with Gasteiger partial charge < -0.3 is 4.74 Å². The quantitative estimate of drug-likeness (QED) is 0.516. The Morgan fingerprint density at radius 1 is 1.55 bits per heavy atom. The van der Waals surface area contributed by atoms with Gasteiger partial charge in [-0.05, 0) is 30.9 Å². The van der Waals surface area contributed by atoms with Crippen molar-refractivity contribution in [2.45, 2.75) is 26.7 Å². The summed E-state index contributed by atoms with van der Waals surface area (Å²) in [7, 11) is 0. The highest BCUT2D eigenvalue weighted by atomic mass is 16.5. The molecule has 0 spiro atoms. The summed E-state index contributed by atoms with van der Waals surface area (Å²) in [6.07, 6.45) is 4.70. The molecule has 0 bridgehead atoms. The van der Waals surface area contributed by atoms with Crippen LogP contribution in [-0.4, -0.2) is 6.61 Å². The van der Waals surface area contributed by atoms with E-state index < -0.39 is 0 Å². The van der Waals surface area contributed by atoms with Crippen LogP contribution in [0, 0.1) is 5.92 Å². The lowest BCUT2D eigenvalue weighted by Crippen LogP contribution is -1.99. The molecule has 0 amide bonds. The lowest BCUT2D eigenvalue weighted by molar-refractivity contribution is 0.230. The van der Waals surface area contributed by atoms with Crippen LogP contribution in [0.5, 0.6) is 0 Å². The first kappa shape index (κ1) is 6.96. The molecular formula is C10H14O. The molecule has 0 N–H and O–H groups in total. The molecule has 1 unspecified atom stereocenters. The summed E-state index contributed by atoms with van der Waals surface area (Å²) in [4.78, 5) is 0. The van der Waals surface area contributed by atoms with E-state index in [1.807, 2.05) is 0 Å². The molecule has 1 heterocycles. The predicted octanol–water partition coefficient (Wildman–Crippen LogP) is 2.65. The third kappa shape index (κ3) is 0.991. The zero-order chi connectivity index (χ0) is 7.84. The maximum Gasteiger partial charge on any atom is 0.121 e. The highest BCUT2D eigenvalue weighted by Crippen LogP contribution is 2.36. The van der Waals surface area contributed by atoms with Crippen LogP contribution in [0.2, 0.25) is 0 Å². The van der Waals surface area contributed by atoms with Gasteiger partial charge in [0.05, 0.1) is 6.61 Å². The molecule has 11 heavy (non-hydrogen) atoms. The van der Waals surface area contributed by atoms with Crippen molar-refractivity contribution in [3.8, 4) is 0 Å². The molecule has 1 heteroatoms. The van der Waals surface area contributed by atoms with E-state index >= 15 is 0 Å². The first-order valence-electron chi connectivity index (χ1n) is 4.32. The van der Waals surface area contributed by atoms with Gasteiger partial charge in [0.1, 0.15) is 5.76 Å². The molecule has 1 aliphatic heterocycles. The van der Waals surface area contributed by atoms with E-state index in [2.05, 4.69) is 19.9 Å². The Morgan fingerprint density at radius 2 is 2.36 bits per heavy atom. The van der Waals surface area contributed by atoms with Crippen LogP contribution in [-0.2, 0) is 4.74 Å². The Balaban J connectivity index is 2.35. The Morgan fingerprint density at radius 3 is 3.09 bits per heavy atom. The second-order valence-corrected chi connectivity index (χ2v) is 3.49. The van der Waals surface area contributed by atoms with E-state index in [1.165, 1.54) is 24.2 Å². The zero-order valence-corrected chi connectivity index (χ0v) is 7.18. The topological polar surface area (TPSA) is 9.23 Å². The van der Waals surface area contributed by atoms with Gasteiger partial charge in [-0.25, -0.2) is 0 Å². The van der Waals surface area contributed by atoms with Gasteiger partial charge in [0.25, 0.3) is 0 Å². The standard InChI is InChI=1S/C10H14O/c1-7-4-3-5-9-8(2)6-11-10(7)9/h4,8H,3,5-6H2,1-2H3. The van der Waals surface area contributed by atoms with Gasteiger partial charge in [-0.3, -0.25) is 0 Å². The SMILES string of the molecule is CC1=CCCC2=C1OCC2C. The van der Waals surface area contributed by atoms with E-state index in [0.29, 0.717) is 5.92 Å². The molecule has 1 aliphatic carbocycles. The largest absolute Gasteiger partial charge is 0.493 e. The maximum absolute atomic E-state index is 5.59. The summed E-state index contributed by atoms with van der Waals surface area (Å²) in [5.41, 5.74) is 2.89. The molecule has 0 saturated heterocycles. The van der Waals surface area contributed by atoms with Crippen molar-refractivity contribution < 1.29 is 4.74 Å². The maximum atomic E-state index is 5.59. The molecule has 0 aromatic carbocycles. The van der Waals surface area contributed by atoms with Gasteiger partial charge in [-0.2, -0.15) is 0 Å². The Hall–Kier alpha value is -0.720. The number of allylic oxidation sites excluding steroid dienone is 2. The van der Waals surface area contributed by atoms with E-state index in [9.17, 15) is 0 Å². The number of hydrogen-bond acceptors (Lipinski definition) is 1. The summed E-state index contributed by atoms with van der Waals surface area (Å²) in [5, 5.41) is 0. The van der Waals surface area contributed by atoms with Crippen molar-refractivity contribution in [1.29, 1.82) is 0 Å². The van der Waals surface area contributed by atoms with Crippen LogP contribution in [0.3, 0.4) is 0 Å².